The number of nitrogen functional groups attached to an aromatic ring is 1. The molecule has 1 heterocycles. The molecule has 178 valence electrons. The van der Waals surface area contributed by atoms with Crippen molar-refractivity contribution < 1.29 is 0 Å². The Morgan fingerprint density at radius 2 is 1.66 bits per heavy atom. The first-order valence-corrected chi connectivity index (χ1v) is 12.6. The number of nitrogens with two attached hydrogens (primary N) is 2. The largest absolute Gasteiger partial charge is 0.399 e. The Hall–Kier alpha value is -2.20. The minimum Gasteiger partial charge on any atom is -0.399 e. The predicted molar refractivity (Wildman–Crippen MR) is 141 cm³/mol. The highest BCUT2D eigenvalue weighted by Gasteiger charge is 2.26. The minimum atomic E-state index is 0.578. The lowest BCUT2D eigenvalue weighted by molar-refractivity contribution is 0.216. The van der Waals surface area contributed by atoms with E-state index in [1.807, 2.05) is 26.0 Å². The molecule has 1 aromatic rings. The van der Waals surface area contributed by atoms with E-state index in [2.05, 4.69) is 54.6 Å². The van der Waals surface area contributed by atoms with Gasteiger partial charge in [-0.15, -0.1) is 0 Å². The molecule has 0 unspecified atom stereocenters. The number of hydrogen-bond donors (Lipinski definition) is 2. The lowest BCUT2D eigenvalue weighted by atomic mass is 9.85. The third kappa shape index (κ3) is 6.90. The number of benzene rings is 1. The van der Waals surface area contributed by atoms with E-state index in [9.17, 15) is 0 Å². The fourth-order valence-corrected chi connectivity index (χ4v) is 4.91. The predicted octanol–water partition coefficient (Wildman–Crippen LogP) is 6.38. The number of hydrogen-bond acceptors (Lipinski definition) is 4. The van der Waals surface area contributed by atoms with Gasteiger partial charge in [0, 0.05) is 36.7 Å². The molecule has 32 heavy (non-hydrogen) atoms. The summed E-state index contributed by atoms with van der Waals surface area (Å²) in [7, 11) is 0. The number of piperidine rings is 1. The summed E-state index contributed by atoms with van der Waals surface area (Å²) in [6, 6.07) is 8.66. The van der Waals surface area contributed by atoms with Crippen LogP contribution in [0.1, 0.15) is 78.2 Å². The molecule has 0 bridgehead atoms. The molecule has 1 saturated carbocycles. The lowest BCUT2D eigenvalue weighted by Gasteiger charge is -2.38. The van der Waals surface area contributed by atoms with Gasteiger partial charge in [-0.25, -0.2) is 0 Å². The molecule has 4 N–H and O–H groups in total. The summed E-state index contributed by atoms with van der Waals surface area (Å²) < 4.78 is 0. The topological polar surface area (TPSA) is 58.5 Å². The quantitative estimate of drug-likeness (QED) is 0.295. The molecule has 0 atom stereocenters. The van der Waals surface area contributed by atoms with E-state index in [0.717, 1.165) is 42.9 Å². The van der Waals surface area contributed by atoms with Crippen molar-refractivity contribution in [3.63, 3.8) is 0 Å². The van der Waals surface area contributed by atoms with Crippen LogP contribution in [-0.2, 0) is 0 Å². The van der Waals surface area contributed by atoms with Gasteiger partial charge in [0.1, 0.15) is 0 Å². The first-order valence-electron chi connectivity index (χ1n) is 12.6. The summed E-state index contributed by atoms with van der Waals surface area (Å²) >= 11 is 0. The minimum absolute atomic E-state index is 0.578. The summed E-state index contributed by atoms with van der Waals surface area (Å²) in [5.41, 5.74) is 18.0. The third-order valence-electron chi connectivity index (χ3n) is 7.01. The van der Waals surface area contributed by atoms with Crippen molar-refractivity contribution in [1.82, 2.24) is 9.80 Å². The second-order valence-electron chi connectivity index (χ2n) is 8.87. The van der Waals surface area contributed by atoms with E-state index < -0.39 is 0 Å². The SMILES string of the molecule is C=C(c1ccc(N)cc1)N1CCC(C(=C/N(CN)C2CCCCC2)/C(C)=C/C)CC1.CC. The van der Waals surface area contributed by atoms with Gasteiger partial charge >= 0.3 is 0 Å². The Bertz CT molecular complexity index is 748. The van der Waals surface area contributed by atoms with Gasteiger partial charge in [-0.2, -0.15) is 0 Å². The van der Waals surface area contributed by atoms with Crippen LogP contribution in [0.3, 0.4) is 0 Å². The standard InChI is InChI=1S/C26H40N4.C2H6/c1-4-20(2)26(18-30(19-27)25-8-6-5-7-9-25)23-14-16-29(17-15-23)21(3)22-10-12-24(28)13-11-22;1-2/h4,10-13,18,23,25H,3,5-9,14-17,19,27-28H2,1-2H3;1-2H3/b20-4+,26-18+;. The molecule has 2 fully saturated rings. The van der Waals surface area contributed by atoms with Gasteiger partial charge in [-0.05, 0) is 68.7 Å². The third-order valence-corrected chi connectivity index (χ3v) is 7.01. The van der Waals surface area contributed by atoms with E-state index in [0.29, 0.717) is 18.6 Å². The van der Waals surface area contributed by atoms with Crippen LogP contribution in [0, 0.1) is 5.92 Å². The van der Waals surface area contributed by atoms with Crippen LogP contribution < -0.4 is 11.5 Å². The zero-order valence-corrected chi connectivity index (χ0v) is 20.9. The Balaban J connectivity index is 0.00000176. The maximum absolute atomic E-state index is 6.19. The summed E-state index contributed by atoms with van der Waals surface area (Å²) in [5, 5.41) is 0. The Morgan fingerprint density at radius 3 is 2.19 bits per heavy atom. The van der Waals surface area contributed by atoms with Gasteiger partial charge in [0.15, 0.2) is 0 Å². The van der Waals surface area contributed by atoms with Crippen LogP contribution in [0.2, 0.25) is 0 Å². The summed E-state index contributed by atoms with van der Waals surface area (Å²) in [6.07, 6.45) is 13.5. The zero-order chi connectivity index (χ0) is 23.5. The fraction of sp³-hybridized carbons (Fsp3) is 0.571. The molecular formula is C28H46N4. The van der Waals surface area contributed by atoms with E-state index in [-0.39, 0.29) is 0 Å². The van der Waals surface area contributed by atoms with Crippen LogP contribution in [0.25, 0.3) is 5.70 Å². The maximum Gasteiger partial charge on any atom is 0.0654 e. The van der Waals surface area contributed by atoms with E-state index in [4.69, 9.17) is 11.5 Å². The van der Waals surface area contributed by atoms with Gasteiger partial charge in [-0.1, -0.05) is 63.5 Å². The lowest BCUT2D eigenvalue weighted by Crippen LogP contribution is -2.38. The molecule has 1 saturated heterocycles. The normalized spacial score (nSPS) is 18.7. The average molecular weight is 439 g/mol. The van der Waals surface area contributed by atoms with Gasteiger partial charge < -0.3 is 21.3 Å². The highest BCUT2D eigenvalue weighted by Crippen LogP contribution is 2.33. The molecule has 0 aromatic heterocycles. The number of nitrogens with zero attached hydrogens (tertiary/aromatic N) is 2. The van der Waals surface area contributed by atoms with Crippen LogP contribution in [0.4, 0.5) is 5.69 Å². The molecular weight excluding hydrogens is 392 g/mol. The van der Waals surface area contributed by atoms with Crippen LogP contribution >= 0.6 is 0 Å². The van der Waals surface area contributed by atoms with Crippen LogP contribution in [0.15, 0.2) is 54.3 Å². The molecule has 1 aromatic carbocycles. The molecule has 0 radical (unpaired) electrons. The molecule has 2 aliphatic rings. The molecule has 1 aliphatic carbocycles. The second-order valence-corrected chi connectivity index (χ2v) is 8.87. The summed E-state index contributed by atoms with van der Waals surface area (Å²) in [4.78, 5) is 4.84. The van der Waals surface area contributed by atoms with Crippen molar-refractivity contribution in [3.8, 4) is 0 Å². The van der Waals surface area contributed by atoms with E-state index in [1.54, 1.807) is 0 Å². The molecule has 0 amide bonds. The molecule has 0 spiro atoms. The smallest absolute Gasteiger partial charge is 0.0654 e. The zero-order valence-electron chi connectivity index (χ0n) is 20.9. The number of rotatable bonds is 7. The molecule has 4 heteroatoms. The number of anilines is 1. The summed E-state index contributed by atoms with van der Waals surface area (Å²) in [6.45, 7) is 15.4. The van der Waals surface area contributed by atoms with Crippen molar-refractivity contribution in [2.45, 2.75) is 78.7 Å². The first-order chi connectivity index (χ1) is 15.5. The fourth-order valence-electron chi connectivity index (χ4n) is 4.91. The maximum atomic E-state index is 6.19. The number of allylic oxidation sites excluding steroid dienone is 3. The van der Waals surface area contributed by atoms with Crippen molar-refractivity contribution in [1.29, 1.82) is 0 Å². The van der Waals surface area contributed by atoms with Crippen molar-refractivity contribution in [3.05, 3.63) is 59.8 Å². The van der Waals surface area contributed by atoms with Gasteiger partial charge in [0.05, 0.1) is 6.67 Å². The Morgan fingerprint density at radius 1 is 1.06 bits per heavy atom. The average Bonchev–Trinajstić information content (AvgIpc) is 2.86. The Kier molecular flexibility index (Phi) is 10.9. The van der Waals surface area contributed by atoms with Crippen molar-refractivity contribution in [2.75, 3.05) is 25.5 Å². The molecule has 3 rings (SSSR count). The monoisotopic (exact) mass is 438 g/mol. The van der Waals surface area contributed by atoms with Crippen LogP contribution in [0.5, 0.6) is 0 Å². The number of likely N-dealkylation sites (tertiary alicyclic amines) is 1. The van der Waals surface area contributed by atoms with Gasteiger partial charge in [0.25, 0.3) is 0 Å². The van der Waals surface area contributed by atoms with E-state index >= 15 is 0 Å². The van der Waals surface area contributed by atoms with Crippen molar-refractivity contribution in [2.24, 2.45) is 11.7 Å². The molecule has 1 aliphatic heterocycles. The van der Waals surface area contributed by atoms with Gasteiger partial charge in [-0.3, -0.25) is 0 Å². The first kappa shape index (κ1) is 26.1. The second kappa shape index (κ2) is 13.4. The summed E-state index contributed by atoms with van der Waals surface area (Å²) in [5.74, 6) is 0.578. The highest BCUT2D eigenvalue weighted by molar-refractivity contribution is 5.63. The van der Waals surface area contributed by atoms with Crippen molar-refractivity contribution >= 4 is 11.4 Å². The molecule has 4 nitrogen and oxygen atoms in total. The highest BCUT2D eigenvalue weighted by atomic mass is 15.2. The van der Waals surface area contributed by atoms with Crippen LogP contribution in [-0.4, -0.2) is 35.6 Å². The Labute approximate surface area is 197 Å². The van der Waals surface area contributed by atoms with E-state index in [1.165, 1.54) is 43.3 Å². The van der Waals surface area contributed by atoms with Gasteiger partial charge in [0.2, 0.25) is 0 Å².